The van der Waals surface area contributed by atoms with Gasteiger partial charge in [0.15, 0.2) is 0 Å². The van der Waals surface area contributed by atoms with Gasteiger partial charge in [-0.3, -0.25) is 4.79 Å². The minimum atomic E-state index is 0.431. The van der Waals surface area contributed by atoms with E-state index in [1.54, 1.807) is 0 Å². The minimum Gasteiger partial charge on any atom is -0.328 e. The van der Waals surface area contributed by atoms with Crippen LogP contribution in [-0.4, -0.2) is 15.3 Å². The number of Topliss-reactive ketones (excluding diaryl/α,β-unsaturated/α-hetero) is 1. The highest BCUT2D eigenvalue weighted by molar-refractivity contribution is 5.79. The Hall–Kier alpha value is -1.64. The molecule has 3 nitrogen and oxygen atoms in total. The van der Waals surface area contributed by atoms with Crippen molar-refractivity contribution in [2.75, 3.05) is 0 Å². The predicted molar refractivity (Wildman–Crippen MR) is 76.1 cm³/mol. The van der Waals surface area contributed by atoms with Gasteiger partial charge in [0.2, 0.25) is 0 Å². The monoisotopic (exact) mass is 256 g/mol. The summed E-state index contributed by atoms with van der Waals surface area (Å²) in [6.07, 6.45) is 4.60. The average molecular weight is 256 g/mol. The lowest BCUT2D eigenvalue weighted by Crippen LogP contribution is -2.17. The number of fused-ring (bicyclic) bond motifs is 1. The highest BCUT2D eigenvalue weighted by Crippen LogP contribution is 2.26. The van der Waals surface area contributed by atoms with Gasteiger partial charge in [-0.1, -0.05) is 12.1 Å². The minimum absolute atomic E-state index is 0.431. The fourth-order valence-electron chi connectivity index (χ4n) is 3.10. The molecular formula is C16H20N2O. The summed E-state index contributed by atoms with van der Waals surface area (Å²) >= 11 is 0. The van der Waals surface area contributed by atoms with E-state index in [0.717, 1.165) is 44.2 Å². The molecule has 0 N–H and O–H groups in total. The van der Waals surface area contributed by atoms with Crippen molar-refractivity contribution in [1.29, 1.82) is 0 Å². The maximum absolute atomic E-state index is 11.3. The van der Waals surface area contributed by atoms with E-state index >= 15 is 0 Å². The Balaban J connectivity index is 1.86. The Labute approximate surface area is 113 Å². The van der Waals surface area contributed by atoms with Crippen molar-refractivity contribution in [3.05, 3.63) is 30.1 Å². The van der Waals surface area contributed by atoms with Crippen LogP contribution in [0.1, 0.15) is 38.4 Å². The fraction of sp³-hybridized carbons (Fsp3) is 0.500. The average Bonchev–Trinajstić information content (AvgIpc) is 2.78. The molecule has 1 aromatic heterocycles. The number of nitrogens with zero attached hydrogens (tertiary/aromatic N) is 2. The molecule has 1 saturated carbocycles. The molecule has 3 heteroatoms. The molecule has 1 heterocycles. The van der Waals surface area contributed by atoms with Crippen LogP contribution >= 0.6 is 0 Å². The molecule has 1 aliphatic carbocycles. The predicted octanol–water partition coefficient (Wildman–Crippen LogP) is 3.36. The summed E-state index contributed by atoms with van der Waals surface area (Å²) in [6.45, 7) is 3.13. The summed E-state index contributed by atoms with van der Waals surface area (Å²) in [5, 5.41) is 0. The second-order valence-corrected chi connectivity index (χ2v) is 5.45. The summed E-state index contributed by atoms with van der Waals surface area (Å²) in [5.74, 6) is 2.24. The lowest BCUT2D eigenvalue weighted by molar-refractivity contribution is -0.121. The molecule has 0 aliphatic heterocycles. The van der Waals surface area contributed by atoms with Crippen LogP contribution in [0.4, 0.5) is 0 Å². The number of ketones is 1. The number of benzene rings is 1. The van der Waals surface area contributed by atoms with Gasteiger partial charge >= 0.3 is 0 Å². The van der Waals surface area contributed by atoms with Gasteiger partial charge in [-0.2, -0.15) is 0 Å². The third-order valence-electron chi connectivity index (χ3n) is 4.18. The quantitative estimate of drug-likeness (QED) is 0.844. The van der Waals surface area contributed by atoms with Crippen LogP contribution in [0.5, 0.6) is 0 Å². The van der Waals surface area contributed by atoms with Gasteiger partial charge in [0.1, 0.15) is 11.6 Å². The third-order valence-corrected chi connectivity index (χ3v) is 4.18. The molecule has 0 unspecified atom stereocenters. The van der Waals surface area contributed by atoms with E-state index in [1.165, 1.54) is 11.3 Å². The standard InChI is InChI=1S/C16H20N2O/c1-2-18-15-6-4-3-5-14(15)17-16(18)11-12-7-9-13(19)10-8-12/h3-6,12H,2,7-11H2,1H3. The molecule has 0 radical (unpaired) electrons. The largest absolute Gasteiger partial charge is 0.328 e. The summed E-state index contributed by atoms with van der Waals surface area (Å²) in [5.41, 5.74) is 2.32. The zero-order valence-corrected chi connectivity index (χ0v) is 11.4. The highest BCUT2D eigenvalue weighted by atomic mass is 16.1. The molecular weight excluding hydrogens is 236 g/mol. The Morgan fingerprint density at radius 2 is 2.00 bits per heavy atom. The zero-order chi connectivity index (χ0) is 13.2. The van der Waals surface area contributed by atoms with E-state index in [4.69, 9.17) is 4.98 Å². The van der Waals surface area contributed by atoms with Gasteiger partial charge in [0.25, 0.3) is 0 Å². The number of carbonyl (C=O) groups excluding carboxylic acids is 1. The Kier molecular flexibility index (Phi) is 3.36. The molecule has 0 spiro atoms. The van der Waals surface area contributed by atoms with Crippen LogP contribution in [0.25, 0.3) is 11.0 Å². The van der Waals surface area contributed by atoms with Gasteiger partial charge in [-0.15, -0.1) is 0 Å². The van der Waals surface area contributed by atoms with Gasteiger partial charge in [-0.05, 0) is 37.8 Å². The van der Waals surface area contributed by atoms with E-state index in [9.17, 15) is 4.79 Å². The van der Waals surface area contributed by atoms with Crippen LogP contribution in [0.15, 0.2) is 24.3 Å². The molecule has 0 atom stereocenters. The number of hydrogen-bond donors (Lipinski definition) is 0. The van der Waals surface area contributed by atoms with Crippen molar-refractivity contribution in [3.63, 3.8) is 0 Å². The van der Waals surface area contributed by atoms with Gasteiger partial charge in [-0.25, -0.2) is 4.98 Å². The van der Waals surface area contributed by atoms with E-state index in [1.807, 2.05) is 6.07 Å². The number of para-hydroxylation sites is 2. The summed E-state index contributed by atoms with van der Waals surface area (Å²) in [6, 6.07) is 8.33. The number of rotatable bonds is 3. The molecule has 100 valence electrons. The number of hydrogen-bond acceptors (Lipinski definition) is 2. The number of carbonyl (C=O) groups is 1. The second kappa shape index (κ2) is 5.16. The van der Waals surface area contributed by atoms with E-state index in [0.29, 0.717) is 11.7 Å². The number of imidazole rings is 1. The highest BCUT2D eigenvalue weighted by Gasteiger charge is 2.21. The van der Waals surface area contributed by atoms with Gasteiger partial charge in [0.05, 0.1) is 11.0 Å². The molecule has 19 heavy (non-hydrogen) atoms. The van der Waals surface area contributed by atoms with E-state index < -0.39 is 0 Å². The Morgan fingerprint density at radius 3 is 2.74 bits per heavy atom. The van der Waals surface area contributed by atoms with Crippen molar-refractivity contribution in [1.82, 2.24) is 9.55 Å². The normalized spacial score (nSPS) is 17.2. The molecule has 1 aliphatic rings. The molecule has 0 bridgehead atoms. The van der Waals surface area contributed by atoms with Gasteiger partial charge < -0.3 is 4.57 Å². The maximum atomic E-state index is 11.3. The Bertz CT molecular complexity index is 590. The van der Waals surface area contributed by atoms with Crippen molar-refractivity contribution in [2.45, 2.75) is 45.6 Å². The molecule has 1 aromatic carbocycles. The van der Waals surface area contributed by atoms with Crippen LogP contribution in [-0.2, 0) is 17.8 Å². The zero-order valence-electron chi connectivity index (χ0n) is 11.4. The first-order valence-electron chi connectivity index (χ1n) is 7.23. The van der Waals surface area contributed by atoms with E-state index in [2.05, 4.69) is 29.7 Å². The summed E-state index contributed by atoms with van der Waals surface area (Å²) in [7, 11) is 0. The van der Waals surface area contributed by atoms with Crippen LogP contribution in [0.3, 0.4) is 0 Å². The van der Waals surface area contributed by atoms with Crippen molar-refractivity contribution in [3.8, 4) is 0 Å². The van der Waals surface area contributed by atoms with Crippen LogP contribution in [0.2, 0.25) is 0 Å². The summed E-state index contributed by atoms with van der Waals surface area (Å²) < 4.78 is 2.31. The lowest BCUT2D eigenvalue weighted by atomic mass is 9.86. The first kappa shape index (κ1) is 12.4. The molecule has 2 aromatic rings. The smallest absolute Gasteiger partial charge is 0.132 e. The number of aromatic nitrogens is 2. The Morgan fingerprint density at radius 1 is 1.26 bits per heavy atom. The first-order valence-corrected chi connectivity index (χ1v) is 7.23. The molecule has 1 fully saturated rings. The van der Waals surface area contributed by atoms with Crippen LogP contribution in [0, 0.1) is 5.92 Å². The second-order valence-electron chi connectivity index (χ2n) is 5.45. The molecule has 0 saturated heterocycles. The van der Waals surface area contributed by atoms with Crippen LogP contribution < -0.4 is 0 Å². The van der Waals surface area contributed by atoms with Crippen molar-refractivity contribution >= 4 is 16.8 Å². The first-order chi connectivity index (χ1) is 9.28. The van der Waals surface area contributed by atoms with E-state index in [-0.39, 0.29) is 0 Å². The topological polar surface area (TPSA) is 34.9 Å². The maximum Gasteiger partial charge on any atom is 0.132 e. The van der Waals surface area contributed by atoms with Crippen molar-refractivity contribution < 1.29 is 4.79 Å². The number of aryl methyl sites for hydroxylation is 1. The SMILES string of the molecule is CCn1c(CC2CCC(=O)CC2)nc2ccccc21. The van der Waals surface area contributed by atoms with Gasteiger partial charge in [0, 0.05) is 25.8 Å². The summed E-state index contributed by atoms with van der Waals surface area (Å²) in [4.78, 5) is 16.1. The molecule has 3 rings (SSSR count). The van der Waals surface area contributed by atoms with Crippen molar-refractivity contribution in [2.24, 2.45) is 5.92 Å². The third kappa shape index (κ3) is 2.42. The fourth-order valence-corrected chi connectivity index (χ4v) is 3.10. The molecule has 0 amide bonds. The lowest BCUT2D eigenvalue weighted by Gasteiger charge is -2.20.